The molecule has 13 aliphatic rings. The molecule has 7 aliphatic carbocycles. The van der Waals surface area contributed by atoms with Crippen LogP contribution in [0.25, 0.3) is 0 Å². The Kier molecular flexibility index (Phi) is 37.1. The van der Waals surface area contributed by atoms with Crippen molar-refractivity contribution in [3.8, 4) is 0 Å². The molecule has 24 heteroatoms. The van der Waals surface area contributed by atoms with Gasteiger partial charge in [-0.15, -0.1) is 0 Å². The van der Waals surface area contributed by atoms with Crippen LogP contribution in [0.4, 0.5) is 0 Å². The number of benzene rings is 1. The van der Waals surface area contributed by atoms with Crippen LogP contribution in [-0.4, -0.2) is 183 Å². The van der Waals surface area contributed by atoms with Crippen LogP contribution in [-0.2, 0) is 114 Å². The summed E-state index contributed by atoms with van der Waals surface area (Å²) >= 11 is 0. The van der Waals surface area contributed by atoms with Crippen LogP contribution in [0, 0.1) is 84.7 Å². The quantitative estimate of drug-likeness (QED) is 0.0557. The van der Waals surface area contributed by atoms with Crippen LogP contribution in [0.1, 0.15) is 306 Å². The topological polar surface area (TPSA) is 269 Å². The van der Waals surface area contributed by atoms with E-state index < -0.39 is 38.3 Å². The molecule has 14 unspecified atom stereocenters. The van der Waals surface area contributed by atoms with E-state index in [1.807, 2.05) is 169 Å². The molecule has 119 heavy (non-hydrogen) atoms. The van der Waals surface area contributed by atoms with E-state index in [2.05, 4.69) is 20.8 Å². The maximum Gasteiger partial charge on any atom is 0.311 e. The Hall–Kier alpha value is -4.44. The van der Waals surface area contributed by atoms with E-state index in [-0.39, 0.29) is 135 Å². The number of ether oxygens (including phenoxy) is 18. The summed E-state index contributed by atoms with van der Waals surface area (Å²) in [5.74, 6) is 3.94. The SMILES string of the molecule is CCC(C)(C)C(=O)OCC1COC(C(C)(C)C)O1.CCC(C)(C)C(=O)OCC1COC(C)(C)O1.CCC(C)(C)C(=O)OCC1COC(C23CC4CC(CC(C4)C2)C3)O1.CCC(C)(C)C(=O)OCC1COC(C2CC3CCC2C3)O1.CCC(C)(C)C(=O)OCC1COC(C2CCCCC2)O1.CCC(C)(C)C(=O)OCC1COC(c2ccccc2)O1. The summed E-state index contributed by atoms with van der Waals surface area (Å²) in [5.41, 5.74) is -1.37. The van der Waals surface area contributed by atoms with Crippen molar-refractivity contribution in [2.24, 2.45) is 84.7 Å². The Bertz CT molecular complexity index is 3260. The summed E-state index contributed by atoms with van der Waals surface area (Å²) in [6, 6.07) is 9.75. The third-order valence-corrected chi connectivity index (χ3v) is 27.4. The predicted octanol–water partition coefficient (Wildman–Crippen LogP) is 18.3. The Balaban J connectivity index is 0.000000179. The van der Waals surface area contributed by atoms with Gasteiger partial charge in [-0.05, 0) is 236 Å². The summed E-state index contributed by atoms with van der Waals surface area (Å²) in [7, 11) is 0. The molecule has 6 heterocycles. The van der Waals surface area contributed by atoms with E-state index in [0.29, 0.717) is 71.3 Å². The zero-order valence-corrected chi connectivity index (χ0v) is 77.4. The Morgan fingerprint density at radius 3 is 1.13 bits per heavy atom. The highest BCUT2D eigenvalue weighted by Crippen LogP contribution is 2.63. The van der Waals surface area contributed by atoms with Gasteiger partial charge in [-0.3, -0.25) is 28.8 Å². The summed E-state index contributed by atoms with van der Waals surface area (Å²) in [5, 5.41) is 0. The van der Waals surface area contributed by atoms with E-state index in [4.69, 9.17) is 85.3 Å². The lowest BCUT2D eigenvalue weighted by molar-refractivity contribution is -0.209. The molecular weight excluding hydrogens is 1530 g/mol. The van der Waals surface area contributed by atoms with E-state index in [9.17, 15) is 28.8 Å². The van der Waals surface area contributed by atoms with Gasteiger partial charge in [0.05, 0.1) is 72.1 Å². The lowest BCUT2D eigenvalue weighted by atomic mass is 9.49. The van der Waals surface area contributed by atoms with Crippen molar-refractivity contribution in [3.05, 3.63) is 35.9 Å². The summed E-state index contributed by atoms with van der Waals surface area (Å²) in [6.07, 6.45) is 22.8. The maximum atomic E-state index is 12.1. The minimum absolute atomic E-state index is 0.0541. The van der Waals surface area contributed by atoms with E-state index in [0.717, 1.165) is 73.7 Å². The zero-order valence-electron chi connectivity index (χ0n) is 77.4. The number of rotatable bonds is 28. The van der Waals surface area contributed by atoms with E-state index >= 15 is 0 Å². The molecule has 6 saturated heterocycles. The van der Waals surface area contributed by atoms with Crippen molar-refractivity contribution in [1.29, 1.82) is 0 Å². The average molecular weight is 1680 g/mol. The van der Waals surface area contributed by atoms with Gasteiger partial charge in [0.25, 0.3) is 0 Å². The van der Waals surface area contributed by atoms with Gasteiger partial charge in [-0.1, -0.05) is 118 Å². The first-order valence-corrected chi connectivity index (χ1v) is 45.6. The first kappa shape index (κ1) is 100.0. The van der Waals surface area contributed by atoms with Crippen LogP contribution in [0.5, 0.6) is 0 Å². The summed E-state index contributed by atoms with van der Waals surface area (Å²) in [4.78, 5) is 71.4. The van der Waals surface area contributed by atoms with Crippen LogP contribution in [0.3, 0.4) is 0 Å². The van der Waals surface area contributed by atoms with Gasteiger partial charge in [0.2, 0.25) is 0 Å². The van der Waals surface area contributed by atoms with Crippen LogP contribution in [0.15, 0.2) is 30.3 Å². The molecule has 0 radical (unpaired) electrons. The third kappa shape index (κ3) is 29.3. The molecule has 14 atom stereocenters. The van der Waals surface area contributed by atoms with Gasteiger partial charge in [0.15, 0.2) is 37.2 Å². The molecule has 0 aromatic heterocycles. The predicted molar refractivity (Wildman–Crippen MR) is 449 cm³/mol. The molecule has 0 spiro atoms. The second-order valence-corrected chi connectivity index (χ2v) is 41.4. The molecule has 6 aliphatic heterocycles. The number of carbonyl (C=O) groups excluding carboxylic acids is 6. The Labute approximate surface area is 714 Å². The fourth-order valence-electron chi connectivity index (χ4n) is 17.1. The molecule has 24 nitrogen and oxygen atoms in total. The maximum absolute atomic E-state index is 12.1. The molecule has 682 valence electrons. The molecule has 0 N–H and O–H groups in total. The second-order valence-electron chi connectivity index (χ2n) is 41.4. The number of hydrogen-bond acceptors (Lipinski definition) is 24. The number of hydrogen-bond donors (Lipinski definition) is 0. The van der Waals surface area contributed by atoms with Gasteiger partial charge >= 0.3 is 35.8 Å². The first-order valence-electron chi connectivity index (χ1n) is 45.6. The number of esters is 6. The zero-order chi connectivity index (χ0) is 87.5. The normalized spacial score (nSPS) is 31.5. The monoisotopic (exact) mass is 1680 g/mol. The summed E-state index contributed by atoms with van der Waals surface area (Å²) in [6.45, 7) is 49.4. The number of carbonyl (C=O) groups is 6. The highest BCUT2D eigenvalue weighted by Gasteiger charge is 2.57. The van der Waals surface area contributed by atoms with Crippen LogP contribution < -0.4 is 0 Å². The van der Waals surface area contributed by atoms with E-state index in [1.165, 1.54) is 96.3 Å². The molecule has 6 bridgehead atoms. The second kappa shape index (κ2) is 44.1. The van der Waals surface area contributed by atoms with Crippen LogP contribution in [0.2, 0.25) is 0 Å². The highest BCUT2D eigenvalue weighted by atomic mass is 16.8. The van der Waals surface area contributed by atoms with E-state index in [1.54, 1.807) is 0 Å². The first-order chi connectivity index (χ1) is 55.9. The molecule has 0 amide bonds. The third-order valence-electron chi connectivity index (χ3n) is 27.4. The van der Waals surface area contributed by atoms with Gasteiger partial charge in [0.1, 0.15) is 76.3 Å². The van der Waals surface area contributed by atoms with Crippen molar-refractivity contribution < 1.29 is 114 Å². The lowest BCUT2D eigenvalue weighted by Crippen LogP contribution is -2.52. The Morgan fingerprint density at radius 2 is 0.748 bits per heavy atom. The van der Waals surface area contributed by atoms with Crippen molar-refractivity contribution in [2.75, 3.05) is 79.3 Å². The van der Waals surface area contributed by atoms with Crippen molar-refractivity contribution in [1.82, 2.24) is 0 Å². The largest absolute Gasteiger partial charge is 0.462 e. The average Bonchev–Trinajstić information content (AvgIpc) is 1.71. The highest BCUT2D eigenvalue weighted by molar-refractivity contribution is 5.78. The molecule has 14 rings (SSSR count). The molecule has 1 aromatic rings. The lowest BCUT2D eigenvalue weighted by Gasteiger charge is -2.58. The van der Waals surface area contributed by atoms with Gasteiger partial charge in [-0.25, -0.2) is 0 Å². The van der Waals surface area contributed by atoms with Gasteiger partial charge in [0, 0.05) is 28.2 Å². The fraction of sp³-hybridized carbons (Fsp3) is 0.874. The standard InChI is InChI=1S/C20H32O4.C17H28O4.C16H28O4.C16H22O4.C14H26O4.C12H22O4/c1-4-19(2,3)17(21)22-11-16-12-23-18(24-16)20-8-13-5-14(9-20)7-15(6-13)10-20;1-4-17(2,3)16(18)20-10-13-9-19-15(21-13)14-8-11-5-6-12(14)7-11;2*1-4-16(2,3)15(17)19-11-13-10-18-14(20-13)12-8-6-5-7-9-12;1-7-14(5,6)11(15)16-8-10-9-17-12(18-10)13(2,3)4;1-6-11(2,3)10(13)14-7-9-8-15-12(4,5)16-9/h13-16,18H,4-12H2,1-3H3;11-15H,4-10H2,1-3H3;12-14H,4-11H2,1-3H3;5-9,13-14H,4,10-11H2,1-3H3;10,12H,7-9H2,1-6H3;9H,6-8H2,1-5H3. The molecule has 1 aromatic carbocycles. The van der Waals surface area contributed by atoms with Gasteiger partial charge in [-0.2, -0.15) is 0 Å². The number of fused-ring (bicyclic) bond motifs is 2. The fourth-order valence-corrected chi connectivity index (χ4v) is 17.1. The molecule has 13 fully saturated rings. The molecule has 7 saturated carbocycles. The summed E-state index contributed by atoms with van der Waals surface area (Å²) < 4.78 is 101. The van der Waals surface area contributed by atoms with Crippen LogP contribution >= 0.6 is 0 Å². The Morgan fingerprint density at radius 1 is 0.370 bits per heavy atom. The van der Waals surface area contributed by atoms with Gasteiger partial charge < -0.3 is 85.3 Å². The molecular formula is C95H158O24. The smallest absolute Gasteiger partial charge is 0.311 e. The van der Waals surface area contributed by atoms with Crippen molar-refractivity contribution in [3.63, 3.8) is 0 Å². The van der Waals surface area contributed by atoms with Crippen molar-refractivity contribution in [2.45, 2.75) is 368 Å². The minimum Gasteiger partial charge on any atom is -0.462 e. The minimum atomic E-state index is -0.558. The van der Waals surface area contributed by atoms with Crippen molar-refractivity contribution >= 4 is 35.8 Å².